The Morgan fingerprint density at radius 3 is 2.41 bits per heavy atom. The summed E-state index contributed by atoms with van der Waals surface area (Å²) in [7, 11) is 0. The molecule has 0 radical (unpaired) electrons. The van der Waals surface area contributed by atoms with Gasteiger partial charge in [-0.25, -0.2) is 8.78 Å². The Hall–Kier alpha value is -1.94. The minimum Gasteiger partial charge on any atom is -0.489 e. The zero-order chi connectivity index (χ0) is 15.4. The number of para-hydroxylation sites is 1. The Balaban J connectivity index is 1.54. The van der Waals surface area contributed by atoms with Crippen LogP contribution in [0.3, 0.4) is 0 Å². The van der Waals surface area contributed by atoms with Crippen molar-refractivity contribution < 1.29 is 13.5 Å². The van der Waals surface area contributed by atoms with Gasteiger partial charge in [-0.1, -0.05) is 24.3 Å². The van der Waals surface area contributed by atoms with Gasteiger partial charge in [0.15, 0.2) is 11.6 Å². The predicted molar refractivity (Wildman–Crippen MR) is 81.7 cm³/mol. The summed E-state index contributed by atoms with van der Waals surface area (Å²) >= 11 is 0. The predicted octanol–water partition coefficient (Wildman–Crippen LogP) is 4.01. The summed E-state index contributed by atoms with van der Waals surface area (Å²) in [6, 6.07) is 13.6. The monoisotopic (exact) mass is 303 g/mol. The molecular formula is C18H19F2NO. The molecule has 0 amide bonds. The van der Waals surface area contributed by atoms with Crippen molar-refractivity contribution in [2.75, 3.05) is 13.2 Å². The van der Waals surface area contributed by atoms with Crippen molar-refractivity contribution in [1.29, 1.82) is 0 Å². The fourth-order valence-corrected chi connectivity index (χ4v) is 2.49. The summed E-state index contributed by atoms with van der Waals surface area (Å²) in [5, 5.41) is 0. The molecule has 2 nitrogen and oxygen atoms in total. The SMILES string of the molecule is Fc1ccc(CN(CCOc2ccccc2F)C2CC2)cc1. The van der Waals surface area contributed by atoms with Gasteiger partial charge in [-0.05, 0) is 42.7 Å². The van der Waals surface area contributed by atoms with Crippen LogP contribution >= 0.6 is 0 Å². The van der Waals surface area contributed by atoms with Crippen LogP contribution in [0.4, 0.5) is 8.78 Å². The lowest BCUT2D eigenvalue weighted by molar-refractivity contribution is 0.191. The number of hydrogen-bond donors (Lipinski definition) is 0. The Kier molecular flexibility index (Phi) is 4.68. The van der Waals surface area contributed by atoms with E-state index in [-0.39, 0.29) is 11.6 Å². The first-order chi connectivity index (χ1) is 10.7. The maximum Gasteiger partial charge on any atom is 0.165 e. The van der Waals surface area contributed by atoms with Gasteiger partial charge in [-0.3, -0.25) is 4.90 Å². The lowest BCUT2D eigenvalue weighted by Gasteiger charge is -2.22. The Bertz CT molecular complexity index is 611. The molecule has 0 heterocycles. The molecule has 2 aromatic rings. The molecule has 0 aliphatic heterocycles. The van der Waals surface area contributed by atoms with Crippen molar-refractivity contribution in [3.63, 3.8) is 0 Å². The van der Waals surface area contributed by atoms with Crippen LogP contribution in [-0.4, -0.2) is 24.1 Å². The number of rotatable bonds is 7. The lowest BCUT2D eigenvalue weighted by atomic mass is 10.2. The molecule has 0 unspecified atom stereocenters. The minimum atomic E-state index is -0.334. The molecule has 3 rings (SSSR count). The van der Waals surface area contributed by atoms with E-state index in [2.05, 4.69) is 4.90 Å². The second kappa shape index (κ2) is 6.88. The van der Waals surface area contributed by atoms with Crippen molar-refractivity contribution in [3.8, 4) is 5.75 Å². The summed E-state index contributed by atoms with van der Waals surface area (Å²) in [5.41, 5.74) is 1.08. The van der Waals surface area contributed by atoms with E-state index in [4.69, 9.17) is 4.74 Å². The summed E-state index contributed by atoms with van der Waals surface area (Å²) in [5.74, 6) is -0.261. The van der Waals surface area contributed by atoms with Gasteiger partial charge in [0.1, 0.15) is 12.4 Å². The van der Waals surface area contributed by atoms with Crippen LogP contribution in [0.1, 0.15) is 18.4 Å². The molecular weight excluding hydrogens is 284 g/mol. The normalized spacial score (nSPS) is 14.3. The van der Waals surface area contributed by atoms with E-state index in [0.717, 1.165) is 18.7 Å². The average molecular weight is 303 g/mol. The molecule has 0 spiro atoms. The Morgan fingerprint density at radius 1 is 1.00 bits per heavy atom. The zero-order valence-corrected chi connectivity index (χ0v) is 12.3. The van der Waals surface area contributed by atoms with E-state index in [1.165, 1.54) is 31.0 Å². The maximum atomic E-state index is 13.5. The van der Waals surface area contributed by atoms with Crippen LogP contribution in [0.2, 0.25) is 0 Å². The van der Waals surface area contributed by atoms with Crippen molar-refractivity contribution in [2.24, 2.45) is 0 Å². The lowest BCUT2D eigenvalue weighted by Crippen LogP contribution is -2.30. The summed E-state index contributed by atoms with van der Waals surface area (Å²) in [4.78, 5) is 2.31. The molecule has 0 N–H and O–H groups in total. The molecule has 2 aromatic carbocycles. The first-order valence-corrected chi connectivity index (χ1v) is 7.58. The highest BCUT2D eigenvalue weighted by Gasteiger charge is 2.28. The van der Waals surface area contributed by atoms with Gasteiger partial charge in [-0.2, -0.15) is 0 Å². The van der Waals surface area contributed by atoms with E-state index in [1.54, 1.807) is 18.2 Å². The van der Waals surface area contributed by atoms with Crippen molar-refractivity contribution in [2.45, 2.75) is 25.4 Å². The molecule has 0 saturated heterocycles. The standard InChI is InChI=1S/C18H19F2NO/c19-15-7-5-14(6-8-15)13-21(16-9-10-16)11-12-22-18-4-2-1-3-17(18)20/h1-8,16H,9-13H2. The summed E-state index contributed by atoms with van der Waals surface area (Å²) in [6.45, 7) is 1.95. The zero-order valence-electron chi connectivity index (χ0n) is 12.3. The van der Waals surface area contributed by atoms with Gasteiger partial charge in [0.05, 0.1) is 0 Å². The number of ether oxygens (including phenoxy) is 1. The second-order valence-electron chi connectivity index (χ2n) is 5.61. The molecule has 0 bridgehead atoms. The number of nitrogens with zero attached hydrogens (tertiary/aromatic N) is 1. The topological polar surface area (TPSA) is 12.5 Å². The third kappa shape index (κ3) is 4.04. The number of hydrogen-bond acceptors (Lipinski definition) is 2. The van der Waals surface area contributed by atoms with Gasteiger partial charge >= 0.3 is 0 Å². The fourth-order valence-electron chi connectivity index (χ4n) is 2.49. The maximum absolute atomic E-state index is 13.5. The molecule has 1 aliphatic carbocycles. The third-order valence-electron chi connectivity index (χ3n) is 3.83. The van der Waals surface area contributed by atoms with Gasteiger partial charge in [0.2, 0.25) is 0 Å². The van der Waals surface area contributed by atoms with E-state index < -0.39 is 0 Å². The van der Waals surface area contributed by atoms with Crippen LogP contribution in [0.25, 0.3) is 0 Å². The van der Waals surface area contributed by atoms with Crippen molar-refractivity contribution in [3.05, 3.63) is 65.7 Å². The van der Waals surface area contributed by atoms with E-state index >= 15 is 0 Å². The van der Waals surface area contributed by atoms with Crippen molar-refractivity contribution in [1.82, 2.24) is 4.90 Å². The highest BCUT2D eigenvalue weighted by molar-refractivity contribution is 5.23. The van der Waals surface area contributed by atoms with E-state index in [9.17, 15) is 8.78 Å². The minimum absolute atomic E-state index is 0.218. The largest absolute Gasteiger partial charge is 0.489 e. The number of benzene rings is 2. The smallest absolute Gasteiger partial charge is 0.165 e. The highest BCUT2D eigenvalue weighted by atomic mass is 19.1. The van der Waals surface area contributed by atoms with Crippen LogP contribution in [0, 0.1) is 11.6 Å². The molecule has 0 aromatic heterocycles. The number of halogens is 2. The van der Waals surface area contributed by atoms with Gasteiger partial charge in [0.25, 0.3) is 0 Å². The third-order valence-corrected chi connectivity index (χ3v) is 3.83. The molecule has 0 atom stereocenters. The van der Waals surface area contributed by atoms with Gasteiger partial charge in [0, 0.05) is 19.1 Å². The van der Waals surface area contributed by atoms with Crippen LogP contribution < -0.4 is 4.74 Å². The van der Waals surface area contributed by atoms with Crippen LogP contribution in [-0.2, 0) is 6.54 Å². The molecule has 1 saturated carbocycles. The first kappa shape index (κ1) is 15.0. The molecule has 1 fully saturated rings. The summed E-state index contributed by atoms with van der Waals surface area (Å²) < 4.78 is 32.0. The molecule has 22 heavy (non-hydrogen) atoms. The Morgan fingerprint density at radius 2 is 1.73 bits per heavy atom. The molecule has 116 valence electrons. The highest BCUT2D eigenvalue weighted by Crippen LogP contribution is 2.28. The van der Waals surface area contributed by atoms with Crippen molar-refractivity contribution >= 4 is 0 Å². The first-order valence-electron chi connectivity index (χ1n) is 7.58. The second-order valence-corrected chi connectivity index (χ2v) is 5.61. The van der Waals surface area contributed by atoms with Gasteiger partial charge < -0.3 is 4.74 Å². The molecule has 4 heteroatoms. The fraction of sp³-hybridized carbons (Fsp3) is 0.333. The summed E-state index contributed by atoms with van der Waals surface area (Å²) in [6.07, 6.45) is 2.36. The Labute approximate surface area is 129 Å². The van der Waals surface area contributed by atoms with Crippen LogP contribution in [0.15, 0.2) is 48.5 Å². The quantitative estimate of drug-likeness (QED) is 0.766. The van der Waals surface area contributed by atoms with Crippen LogP contribution in [0.5, 0.6) is 5.75 Å². The van der Waals surface area contributed by atoms with Gasteiger partial charge in [-0.15, -0.1) is 0 Å². The average Bonchev–Trinajstić information content (AvgIpc) is 3.35. The molecule has 1 aliphatic rings. The van der Waals surface area contributed by atoms with E-state index in [0.29, 0.717) is 18.4 Å². The van der Waals surface area contributed by atoms with E-state index in [1.807, 2.05) is 12.1 Å².